The van der Waals surface area contributed by atoms with Gasteiger partial charge >= 0.3 is 17.9 Å². The largest absolute Gasteiger partial charge is 0.480 e. The van der Waals surface area contributed by atoms with Gasteiger partial charge in [0.25, 0.3) is 0 Å². The second-order valence-corrected chi connectivity index (χ2v) is 5.25. The molecule has 0 aliphatic heterocycles. The predicted molar refractivity (Wildman–Crippen MR) is 83.4 cm³/mol. The lowest BCUT2D eigenvalue weighted by atomic mass is 10.2. The third kappa shape index (κ3) is 7.65. The fourth-order valence-electron chi connectivity index (χ4n) is 2.18. The average Bonchev–Trinajstić information content (AvgIpc) is 2.44. The van der Waals surface area contributed by atoms with E-state index in [0.717, 1.165) is 0 Å². The van der Waals surface area contributed by atoms with Crippen molar-refractivity contribution in [3.63, 3.8) is 0 Å². The maximum Gasteiger partial charge on any atom is 0.317 e. The monoisotopic (exact) mass is 339 g/mol. The number of aliphatic carboxylic acids is 3. The fraction of sp³-hybridized carbons (Fsp3) is 0.467. The van der Waals surface area contributed by atoms with Crippen molar-refractivity contribution in [3.8, 4) is 0 Å². The van der Waals surface area contributed by atoms with Gasteiger partial charge in [0, 0.05) is 13.1 Å². The van der Waals surface area contributed by atoms with E-state index in [1.165, 1.54) is 4.90 Å². The molecule has 0 fully saturated rings. The first-order valence-electron chi connectivity index (χ1n) is 7.35. The molecule has 1 heterocycles. The topological polar surface area (TPSA) is 131 Å². The van der Waals surface area contributed by atoms with Crippen LogP contribution in [0.1, 0.15) is 18.3 Å². The Bertz CT molecular complexity index is 576. The number of carbonyl (C=O) groups is 3. The van der Waals surface area contributed by atoms with Crippen molar-refractivity contribution in [2.75, 3.05) is 26.2 Å². The Hall–Kier alpha value is -2.52. The number of carboxylic acids is 3. The lowest BCUT2D eigenvalue weighted by Gasteiger charge is -2.19. The molecule has 0 saturated heterocycles. The van der Waals surface area contributed by atoms with Gasteiger partial charge in [-0.15, -0.1) is 0 Å². The second kappa shape index (κ2) is 9.58. The number of carboxylic acid groups (broad SMARTS) is 3. The van der Waals surface area contributed by atoms with Crippen molar-refractivity contribution in [2.24, 2.45) is 0 Å². The van der Waals surface area contributed by atoms with Gasteiger partial charge in [0.05, 0.1) is 31.0 Å². The van der Waals surface area contributed by atoms with E-state index in [9.17, 15) is 14.4 Å². The molecule has 1 aromatic heterocycles. The highest BCUT2D eigenvalue weighted by Crippen LogP contribution is 2.07. The van der Waals surface area contributed by atoms with Crippen LogP contribution in [0.5, 0.6) is 0 Å². The van der Waals surface area contributed by atoms with Gasteiger partial charge in [-0.2, -0.15) is 0 Å². The van der Waals surface area contributed by atoms with Gasteiger partial charge in [-0.05, 0) is 18.7 Å². The molecular formula is C15H21N3O6. The molecule has 0 saturated carbocycles. The highest BCUT2D eigenvalue weighted by Gasteiger charge is 2.15. The summed E-state index contributed by atoms with van der Waals surface area (Å²) in [7, 11) is 0. The van der Waals surface area contributed by atoms with E-state index in [2.05, 4.69) is 4.98 Å². The van der Waals surface area contributed by atoms with Crippen molar-refractivity contribution in [1.82, 2.24) is 14.8 Å². The first kappa shape index (κ1) is 19.5. The highest BCUT2D eigenvalue weighted by molar-refractivity contribution is 5.72. The second-order valence-electron chi connectivity index (χ2n) is 5.25. The molecule has 9 nitrogen and oxygen atoms in total. The lowest BCUT2D eigenvalue weighted by Crippen LogP contribution is -2.34. The molecule has 9 heteroatoms. The van der Waals surface area contributed by atoms with E-state index in [0.29, 0.717) is 24.5 Å². The van der Waals surface area contributed by atoms with Crippen LogP contribution in [0.25, 0.3) is 0 Å². The van der Waals surface area contributed by atoms with E-state index < -0.39 is 31.0 Å². The molecule has 0 radical (unpaired) electrons. The molecular weight excluding hydrogens is 318 g/mol. The Morgan fingerprint density at radius 2 is 1.29 bits per heavy atom. The summed E-state index contributed by atoms with van der Waals surface area (Å²) in [5.41, 5.74) is 1.17. The average molecular weight is 339 g/mol. The lowest BCUT2D eigenvalue weighted by molar-refractivity contribution is -0.142. The van der Waals surface area contributed by atoms with E-state index in [4.69, 9.17) is 15.3 Å². The zero-order valence-electron chi connectivity index (χ0n) is 13.4. The van der Waals surface area contributed by atoms with Crippen LogP contribution >= 0.6 is 0 Å². The van der Waals surface area contributed by atoms with E-state index in [1.54, 1.807) is 23.1 Å². The Morgan fingerprint density at radius 3 is 1.71 bits per heavy atom. The molecule has 0 amide bonds. The molecule has 0 aliphatic carbocycles. The molecule has 0 bridgehead atoms. The minimum Gasteiger partial charge on any atom is -0.480 e. The third-order valence-corrected chi connectivity index (χ3v) is 3.16. The molecule has 0 atom stereocenters. The Labute approximate surface area is 139 Å². The summed E-state index contributed by atoms with van der Waals surface area (Å²) in [6.45, 7) is 1.89. The van der Waals surface area contributed by atoms with E-state index in [1.807, 2.05) is 6.92 Å². The highest BCUT2D eigenvalue weighted by atomic mass is 16.4. The number of likely N-dealkylation sites (N-methyl/N-ethyl adjacent to an activating group) is 1. The van der Waals surface area contributed by atoms with Crippen LogP contribution in [0, 0.1) is 0 Å². The first-order chi connectivity index (χ1) is 11.3. The Kier molecular flexibility index (Phi) is 7.80. The number of pyridine rings is 1. The molecule has 0 aliphatic rings. The quantitative estimate of drug-likeness (QED) is 0.508. The SMILES string of the molecule is CCN(CC(=O)O)Cc1cccc(CN(CC(=O)O)CC(=O)O)n1. The van der Waals surface area contributed by atoms with Gasteiger partial charge in [0.1, 0.15) is 0 Å². The normalized spacial score (nSPS) is 11.0. The summed E-state index contributed by atoms with van der Waals surface area (Å²) in [6, 6.07) is 5.15. The van der Waals surface area contributed by atoms with Gasteiger partial charge in [0.15, 0.2) is 0 Å². The van der Waals surface area contributed by atoms with Crippen LogP contribution in [0.4, 0.5) is 0 Å². The van der Waals surface area contributed by atoms with Gasteiger partial charge in [-0.3, -0.25) is 29.2 Å². The fourth-order valence-corrected chi connectivity index (χ4v) is 2.18. The summed E-state index contributed by atoms with van der Waals surface area (Å²) in [5.74, 6) is -3.17. The maximum absolute atomic E-state index is 10.8. The van der Waals surface area contributed by atoms with Crippen molar-refractivity contribution in [3.05, 3.63) is 29.6 Å². The minimum absolute atomic E-state index is 0.0808. The first-order valence-corrected chi connectivity index (χ1v) is 7.35. The summed E-state index contributed by atoms with van der Waals surface area (Å²) < 4.78 is 0. The maximum atomic E-state index is 10.8. The number of rotatable bonds is 11. The summed E-state index contributed by atoms with van der Waals surface area (Å²) in [5, 5.41) is 26.5. The van der Waals surface area contributed by atoms with Crippen molar-refractivity contribution < 1.29 is 29.7 Å². The number of aromatic nitrogens is 1. The third-order valence-electron chi connectivity index (χ3n) is 3.16. The smallest absolute Gasteiger partial charge is 0.317 e. The van der Waals surface area contributed by atoms with Crippen LogP contribution in [0.2, 0.25) is 0 Å². The van der Waals surface area contributed by atoms with Gasteiger partial charge < -0.3 is 15.3 Å². The molecule has 0 aromatic carbocycles. The zero-order chi connectivity index (χ0) is 18.1. The number of hydrogen-bond donors (Lipinski definition) is 3. The van der Waals surface area contributed by atoms with Gasteiger partial charge in [-0.25, -0.2) is 0 Å². The van der Waals surface area contributed by atoms with Crippen LogP contribution < -0.4 is 0 Å². The summed E-state index contributed by atoms with van der Waals surface area (Å²) >= 11 is 0. The summed E-state index contributed by atoms with van der Waals surface area (Å²) in [6.07, 6.45) is 0. The van der Waals surface area contributed by atoms with Crippen LogP contribution in [0.15, 0.2) is 18.2 Å². The van der Waals surface area contributed by atoms with Crippen molar-refractivity contribution in [1.29, 1.82) is 0 Å². The van der Waals surface area contributed by atoms with Crippen LogP contribution in [-0.4, -0.2) is 74.2 Å². The molecule has 0 spiro atoms. The summed E-state index contributed by atoms with van der Waals surface area (Å²) in [4.78, 5) is 39.7. The van der Waals surface area contributed by atoms with Crippen molar-refractivity contribution in [2.45, 2.75) is 20.0 Å². The number of nitrogens with zero attached hydrogens (tertiary/aromatic N) is 3. The standard InChI is InChI=1S/C15H21N3O6/c1-2-17(8-13(19)20)6-11-4-3-5-12(16-11)7-18(9-14(21)22)10-15(23)24/h3-5H,2,6-10H2,1H3,(H,19,20)(H,21,22)(H,23,24). The van der Waals surface area contributed by atoms with Gasteiger partial charge in [0.2, 0.25) is 0 Å². The molecule has 24 heavy (non-hydrogen) atoms. The minimum atomic E-state index is -1.12. The molecule has 0 unspecified atom stereocenters. The van der Waals surface area contributed by atoms with E-state index >= 15 is 0 Å². The number of hydrogen-bond acceptors (Lipinski definition) is 6. The molecule has 1 rings (SSSR count). The van der Waals surface area contributed by atoms with Crippen LogP contribution in [0.3, 0.4) is 0 Å². The molecule has 3 N–H and O–H groups in total. The van der Waals surface area contributed by atoms with E-state index in [-0.39, 0.29) is 13.1 Å². The van der Waals surface area contributed by atoms with Crippen LogP contribution in [-0.2, 0) is 27.5 Å². The zero-order valence-corrected chi connectivity index (χ0v) is 13.4. The molecule has 132 valence electrons. The molecule has 1 aromatic rings. The Morgan fingerprint density at radius 1 is 0.875 bits per heavy atom. The predicted octanol–water partition coefficient (Wildman–Crippen LogP) is -0.0407. The Balaban J connectivity index is 2.79. The van der Waals surface area contributed by atoms with Crippen molar-refractivity contribution >= 4 is 17.9 Å². The van der Waals surface area contributed by atoms with Gasteiger partial charge in [-0.1, -0.05) is 13.0 Å².